The Hall–Kier alpha value is -0.130. The molecule has 1 saturated heterocycles. The van der Waals surface area contributed by atoms with E-state index in [0.717, 1.165) is 25.9 Å². The summed E-state index contributed by atoms with van der Waals surface area (Å²) in [7, 11) is -1.40. The van der Waals surface area contributed by atoms with E-state index in [1.807, 2.05) is 6.92 Å². The van der Waals surface area contributed by atoms with E-state index in [1.165, 1.54) is 0 Å². The van der Waals surface area contributed by atoms with E-state index >= 15 is 0 Å². The minimum absolute atomic E-state index is 0.0693. The Bertz CT molecular complexity index is 308. The first kappa shape index (κ1) is 13.9. The Morgan fingerprint density at radius 2 is 1.69 bits per heavy atom. The summed E-state index contributed by atoms with van der Waals surface area (Å²) < 4.78 is 26.2. The summed E-state index contributed by atoms with van der Waals surface area (Å²) in [5, 5.41) is 3.00. The van der Waals surface area contributed by atoms with Gasteiger partial charge in [-0.2, -0.15) is 0 Å². The Labute approximate surface area is 99.5 Å². The molecule has 0 bridgehead atoms. The van der Waals surface area contributed by atoms with Crippen molar-refractivity contribution in [2.45, 2.75) is 44.9 Å². The lowest BCUT2D eigenvalue weighted by Crippen LogP contribution is -2.46. The SMILES string of the molecule is CC(C)C(C)N(C)S(=O)(=O)C1CCNCC1. The van der Waals surface area contributed by atoms with Crippen LogP contribution in [0.15, 0.2) is 0 Å². The van der Waals surface area contributed by atoms with Gasteiger partial charge in [-0.15, -0.1) is 0 Å². The van der Waals surface area contributed by atoms with E-state index in [0.29, 0.717) is 5.92 Å². The van der Waals surface area contributed by atoms with Crippen LogP contribution in [0.1, 0.15) is 33.6 Å². The lowest BCUT2D eigenvalue weighted by Gasteiger charge is -2.32. The van der Waals surface area contributed by atoms with Crippen LogP contribution in [-0.4, -0.2) is 44.2 Å². The Balaban J connectivity index is 2.75. The van der Waals surface area contributed by atoms with Gasteiger partial charge in [-0.3, -0.25) is 0 Å². The van der Waals surface area contributed by atoms with Crippen molar-refractivity contribution in [1.29, 1.82) is 0 Å². The molecule has 1 aliphatic heterocycles. The van der Waals surface area contributed by atoms with Crippen LogP contribution in [0.2, 0.25) is 0 Å². The van der Waals surface area contributed by atoms with Crippen molar-refractivity contribution < 1.29 is 8.42 Å². The van der Waals surface area contributed by atoms with Gasteiger partial charge in [0.2, 0.25) is 10.0 Å². The number of piperidine rings is 1. The van der Waals surface area contributed by atoms with Crippen LogP contribution in [-0.2, 0) is 10.0 Å². The number of nitrogens with zero attached hydrogens (tertiary/aromatic N) is 1. The predicted molar refractivity (Wildman–Crippen MR) is 66.9 cm³/mol. The molecule has 1 atom stereocenters. The topological polar surface area (TPSA) is 49.4 Å². The smallest absolute Gasteiger partial charge is 0.217 e. The van der Waals surface area contributed by atoms with Crippen LogP contribution in [0.4, 0.5) is 0 Å². The van der Waals surface area contributed by atoms with Crippen molar-refractivity contribution in [3.8, 4) is 0 Å². The second-order valence-electron chi connectivity index (χ2n) is 5.00. The molecule has 1 fully saturated rings. The highest BCUT2D eigenvalue weighted by Crippen LogP contribution is 2.21. The van der Waals surface area contributed by atoms with Crippen molar-refractivity contribution in [2.75, 3.05) is 20.1 Å². The molecule has 0 spiro atoms. The molecule has 96 valence electrons. The van der Waals surface area contributed by atoms with Crippen LogP contribution < -0.4 is 5.32 Å². The highest BCUT2D eigenvalue weighted by Gasteiger charge is 2.33. The third-order valence-electron chi connectivity index (χ3n) is 3.65. The quantitative estimate of drug-likeness (QED) is 0.809. The van der Waals surface area contributed by atoms with Crippen LogP contribution >= 0.6 is 0 Å². The number of hydrogen-bond donors (Lipinski definition) is 1. The maximum absolute atomic E-state index is 12.3. The van der Waals surface area contributed by atoms with Crippen molar-refractivity contribution in [2.24, 2.45) is 5.92 Å². The first-order valence-corrected chi connectivity index (χ1v) is 7.55. The monoisotopic (exact) mass is 248 g/mol. The van der Waals surface area contributed by atoms with Crippen LogP contribution in [0, 0.1) is 5.92 Å². The first-order chi connectivity index (χ1) is 7.37. The molecule has 0 aromatic carbocycles. The molecular weight excluding hydrogens is 224 g/mol. The molecule has 1 rings (SSSR count). The summed E-state index contributed by atoms with van der Waals surface area (Å²) in [6.07, 6.45) is 1.47. The minimum Gasteiger partial charge on any atom is -0.317 e. The second-order valence-corrected chi connectivity index (χ2v) is 7.27. The number of sulfonamides is 1. The number of nitrogens with one attached hydrogen (secondary N) is 1. The highest BCUT2D eigenvalue weighted by atomic mass is 32.2. The third kappa shape index (κ3) is 2.96. The van der Waals surface area contributed by atoms with Crippen molar-refractivity contribution in [3.05, 3.63) is 0 Å². The fraction of sp³-hybridized carbons (Fsp3) is 1.00. The molecule has 0 aromatic rings. The van der Waals surface area contributed by atoms with Crippen molar-refractivity contribution in [3.63, 3.8) is 0 Å². The van der Waals surface area contributed by atoms with Gasteiger partial charge in [-0.05, 0) is 38.8 Å². The van der Waals surface area contributed by atoms with E-state index < -0.39 is 10.0 Å². The number of rotatable bonds is 4. The first-order valence-electron chi connectivity index (χ1n) is 6.05. The molecule has 0 amide bonds. The third-order valence-corrected chi connectivity index (χ3v) is 6.10. The Morgan fingerprint density at radius 3 is 2.12 bits per heavy atom. The standard InChI is InChI=1S/C11H24N2O2S/c1-9(2)10(3)13(4)16(14,15)11-5-7-12-8-6-11/h9-12H,5-8H2,1-4H3. The van der Waals surface area contributed by atoms with Crippen molar-refractivity contribution >= 4 is 10.0 Å². The van der Waals surface area contributed by atoms with E-state index in [1.54, 1.807) is 11.4 Å². The van der Waals surface area contributed by atoms with Gasteiger partial charge in [-0.25, -0.2) is 12.7 Å². The van der Waals surface area contributed by atoms with E-state index in [4.69, 9.17) is 0 Å². The van der Waals surface area contributed by atoms with Crippen LogP contribution in [0.25, 0.3) is 0 Å². The summed E-state index contributed by atoms with van der Waals surface area (Å²) >= 11 is 0. The summed E-state index contributed by atoms with van der Waals surface area (Å²) in [6.45, 7) is 7.71. The van der Waals surface area contributed by atoms with Gasteiger partial charge < -0.3 is 5.32 Å². The lowest BCUT2D eigenvalue weighted by molar-refractivity contribution is 0.308. The molecule has 0 radical (unpaired) electrons. The Morgan fingerprint density at radius 1 is 1.19 bits per heavy atom. The predicted octanol–water partition coefficient (Wildman–Crippen LogP) is 1.04. The molecule has 1 aliphatic rings. The van der Waals surface area contributed by atoms with Gasteiger partial charge in [-0.1, -0.05) is 13.8 Å². The molecule has 0 aliphatic carbocycles. The van der Waals surface area contributed by atoms with Gasteiger partial charge in [0.25, 0.3) is 0 Å². The Kier molecular flexibility index (Phi) is 4.76. The largest absolute Gasteiger partial charge is 0.317 e. The second kappa shape index (κ2) is 5.47. The molecule has 1 heterocycles. The van der Waals surface area contributed by atoms with Gasteiger partial charge in [0, 0.05) is 13.1 Å². The summed E-state index contributed by atoms with van der Waals surface area (Å²) in [5.41, 5.74) is 0. The zero-order valence-corrected chi connectivity index (χ0v) is 11.5. The van der Waals surface area contributed by atoms with Gasteiger partial charge in [0.05, 0.1) is 5.25 Å². The summed E-state index contributed by atoms with van der Waals surface area (Å²) in [6, 6.07) is 0.0693. The maximum atomic E-state index is 12.3. The zero-order valence-electron chi connectivity index (χ0n) is 10.7. The van der Waals surface area contributed by atoms with E-state index in [-0.39, 0.29) is 11.3 Å². The molecule has 16 heavy (non-hydrogen) atoms. The van der Waals surface area contributed by atoms with Gasteiger partial charge in [0.15, 0.2) is 0 Å². The zero-order chi connectivity index (χ0) is 12.3. The molecule has 1 unspecified atom stereocenters. The maximum Gasteiger partial charge on any atom is 0.217 e. The normalized spacial score (nSPS) is 21.6. The summed E-state index contributed by atoms with van der Waals surface area (Å²) in [5.74, 6) is 0.349. The molecule has 5 heteroatoms. The van der Waals surface area contributed by atoms with Crippen molar-refractivity contribution in [1.82, 2.24) is 9.62 Å². The number of hydrogen-bond acceptors (Lipinski definition) is 3. The minimum atomic E-state index is -3.11. The van der Waals surface area contributed by atoms with Gasteiger partial charge in [0.1, 0.15) is 0 Å². The highest BCUT2D eigenvalue weighted by molar-refractivity contribution is 7.89. The lowest BCUT2D eigenvalue weighted by atomic mass is 10.1. The molecule has 1 N–H and O–H groups in total. The fourth-order valence-corrected chi connectivity index (χ4v) is 3.99. The molecule has 0 saturated carbocycles. The van der Waals surface area contributed by atoms with Gasteiger partial charge >= 0.3 is 0 Å². The van der Waals surface area contributed by atoms with E-state index in [2.05, 4.69) is 19.2 Å². The molecule has 4 nitrogen and oxygen atoms in total. The average Bonchev–Trinajstić information content (AvgIpc) is 2.28. The van der Waals surface area contributed by atoms with Crippen LogP contribution in [0.3, 0.4) is 0 Å². The fourth-order valence-electron chi connectivity index (χ4n) is 1.98. The van der Waals surface area contributed by atoms with E-state index in [9.17, 15) is 8.42 Å². The molecule has 0 aromatic heterocycles. The summed E-state index contributed by atoms with van der Waals surface area (Å²) in [4.78, 5) is 0. The van der Waals surface area contributed by atoms with Crippen LogP contribution in [0.5, 0.6) is 0 Å². The average molecular weight is 248 g/mol. The molecular formula is C11H24N2O2S.